The Balaban J connectivity index is 2.63. The van der Waals surface area contributed by atoms with Crippen LogP contribution in [0.3, 0.4) is 0 Å². The van der Waals surface area contributed by atoms with Crippen LogP contribution in [-0.2, 0) is 10.5 Å². The predicted octanol–water partition coefficient (Wildman–Crippen LogP) is 2.96. The molecule has 0 unspecified atom stereocenters. The topological polar surface area (TPSA) is 79.5 Å². The first-order chi connectivity index (χ1) is 9.79. The van der Waals surface area contributed by atoms with Crippen LogP contribution in [0.1, 0.15) is 36.6 Å². The molecular weight excluding hydrogens is 304 g/mol. The van der Waals surface area contributed by atoms with Crippen LogP contribution in [-0.4, -0.2) is 28.8 Å². The third-order valence-corrected chi connectivity index (χ3v) is 3.25. The standard InChI is InChI=1S/C13H17F2NO4S/c1-7(2)5-9(12(18)19)16-11(17)10-4-3-8(20-10)6-21-13(14)15/h3-4,7,9,13H,5-6H2,1-2H3,(H,16,17)(H,18,19)/t9-/m1/s1. The van der Waals surface area contributed by atoms with E-state index in [1.54, 1.807) is 0 Å². The maximum Gasteiger partial charge on any atom is 0.326 e. The van der Waals surface area contributed by atoms with Crippen molar-refractivity contribution in [1.29, 1.82) is 0 Å². The highest BCUT2D eigenvalue weighted by atomic mass is 32.2. The van der Waals surface area contributed by atoms with Crippen LogP contribution in [0.2, 0.25) is 0 Å². The second-order valence-electron chi connectivity index (χ2n) is 4.83. The van der Waals surface area contributed by atoms with Crippen LogP contribution in [0.15, 0.2) is 16.5 Å². The van der Waals surface area contributed by atoms with Gasteiger partial charge in [-0.1, -0.05) is 25.6 Å². The van der Waals surface area contributed by atoms with Gasteiger partial charge in [0.15, 0.2) is 5.76 Å². The Bertz CT molecular complexity index is 490. The number of rotatable bonds is 8. The molecule has 1 amide bonds. The molecule has 0 aliphatic rings. The molecule has 21 heavy (non-hydrogen) atoms. The number of hydrogen-bond donors (Lipinski definition) is 2. The summed E-state index contributed by atoms with van der Waals surface area (Å²) in [6, 6.07) is 1.74. The summed E-state index contributed by atoms with van der Waals surface area (Å²) in [5.74, 6) is -4.13. The van der Waals surface area contributed by atoms with Crippen molar-refractivity contribution < 1.29 is 27.9 Å². The molecule has 1 aromatic heterocycles. The quantitative estimate of drug-likeness (QED) is 0.769. The van der Waals surface area contributed by atoms with Crippen molar-refractivity contribution >= 4 is 23.6 Å². The van der Waals surface area contributed by atoms with E-state index < -0.39 is 23.7 Å². The van der Waals surface area contributed by atoms with Crippen LogP contribution >= 0.6 is 11.8 Å². The van der Waals surface area contributed by atoms with Gasteiger partial charge in [-0.15, -0.1) is 0 Å². The summed E-state index contributed by atoms with van der Waals surface area (Å²) < 4.78 is 29.2. The van der Waals surface area contributed by atoms with Gasteiger partial charge in [0.2, 0.25) is 0 Å². The van der Waals surface area contributed by atoms with Gasteiger partial charge in [-0.2, -0.15) is 8.78 Å². The van der Waals surface area contributed by atoms with E-state index in [-0.39, 0.29) is 29.6 Å². The lowest BCUT2D eigenvalue weighted by Crippen LogP contribution is -2.41. The van der Waals surface area contributed by atoms with Crippen molar-refractivity contribution in [3.05, 3.63) is 23.7 Å². The number of thioether (sulfide) groups is 1. The Labute approximate surface area is 125 Å². The normalized spacial score (nSPS) is 12.7. The van der Waals surface area contributed by atoms with Crippen molar-refractivity contribution in [3.8, 4) is 0 Å². The molecule has 5 nitrogen and oxygen atoms in total. The number of halogens is 2. The summed E-state index contributed by atoms with van der Waals surface area (Å²) in [5, 5.41) is 11.4. The van der Waals surface area contributed by atoms with E-state index in [0.29, 0.717) is 11.8 Å². The molecule has 0 saturated heterocycles. The van der Waals surface area contributed by atoms with Crippen molar-refractivity contribution in [2.24, 2.45) is 5.92 Å². The predicted molar refractivity (Wildman–Crippen MR) is 74.4 cm³/mol. The Hall–Kier alpha value is -1.57. The average molecular weight is 321 g/mol. The zero-order valence-corrected chi connectivity index (χ0v) is 12.5. The lowest BCUT2D eigenvalue weighted by Gasteiger charge is -2.15. The first-order valence-electron chi connectivity index (χ1n) is 6.31. The van der Waals surface area contributed by atoms with Crippen LogP contribution in [0.5, 0.6) is 0 Å². The molecule has 0 spiro atoms. The number of aliphatic carboxylic acids is 1. The fraction of sp³-hybridized carbons (Fsp3) is 0.538. The molecule has 1 aromatic rings. The zero-order chi connectivity index (χ0) is 16.0. The molecule has 118 valence electrons. The smallest absolute Gasteiger partial charge is 0.326 e. The van der Waals surface area contributed by atoms with Crippen LogP contribution in [0.4, 0.5) is 8.78 Å². The summed E-state index contributed by atoms with van der Waals surface area (Å²) in [5.41, 5.74) is 0. The average Bonchev–Trinajstić information content (AvgIpc) is 2.83. The number of carboxylic acid groups (broad SMARTS) is 1. The summed E-state index contributed by atoms with van der Waals surface area (Å²) in [4.78, 5) is 22.9. The third-order valence-electron chi connectivity index (χ3n) is 2.55. The molecule has 0 saturated carbocycles. The fourth-order valence-corrected chi connectivity index (χ4v) is 2.09. The van der Waals surface area contributed by atoms with Crippen molar-refractivity contribution in [2.45, 2.75) is 37.8 Å². The van der Waals surface area contributed by atoms with Crippen LogP contribution < -0.4 is 5.32 Å². The van der Waals surface area contributed by atoms with E-state index in [1.165, 1.54) is 12.1 Å². The van der Waals surface area contributed by atoms with Crippen LogP contribution in [0.25, 0.3) is 0 Å². The number of alkyl halides is 2. The summed E-state index contributed by atoms with van der Waals surface area (Å²) in [6.07, 6.45) is 0.288. The van der Waals surface area contributed by atoms with Gasteiger partial charge in [-0.05, 0) is 24.5 Å². The van der Waals surface area contributed by atoms with E-state index in [0.717, 1.165) is 0 Å². The van der Waals surface area contributed by atoms with Gasteiger partial charge in [0.05, 0.1) is 5.75 Å². The van der Waals surface area contributed by atoms with Gasteiger partial charge in [0, 0.05) is 0 Å². The molecule has 0 aliphatic heterocycles. The van der Waals surface area contributed by atoms with Crippen molar-refractivity contribution in [2.75, 3.05) is 0 Å². The van der Waals surface area contributed by atoms with Gasteiger partial charge in [0.25, 0.3) is 11.7 Å². The molecule has 0 bridgehead atoms. The lowest BCUT2D eigenvalue weighted by molar-refractivity contribution is -0.139. The molecule has 1 rings (SSSR count). The van der Waals surface area contributed by atoms with Crippen molar-refractivity contribution in [3.63, 3.8) is 0 Å². The summed E-state index contributed by atoms with van der Waals surface area (Å²) in [6.45, 7) is 3.68. The van der Waals surface area contributed by atoms with E-state index >= 15 is 0 Å². The highest BCUT2D eigenvalue weighted by Gasteiger charge is 2.23. The molecule has 0 aliphatic carbocycles. The zero-order valence-electron chi connectivity index (χ0n) is 11.6. The number of hydrogen-bond acceptors (Lipinski definition) is 4. The molecule has 0 radical (unpaired) electrons. The number of amides is 1. The first-order valence-corrected chi connectivity index (χ1v) is 7.36. The highest BCUT2D eigenvalue weighted by Crippen LogP contribution is 2.21. The van der Waals surface area contributed by atoms with Gasteiger partial charge in [-0.3, -0.25) is 4.79 Å². The number of carbonyl (C=O) groups excluding carboxylic acids is 1. The molecule has 1 heterocycles. The van der Waals surface area contributed by atoms with E-state index in [1.807, 2.05) is 13.8 Å². The fourth-order valence-electron chi connectivity index (χ4n) is 1.64. The minimum absolute atomic E-state index is 0.0563. The van der Waals surface area contributed by atoms with E-state index in [9.17, 15) is 18.4 Å². The second-order valence-corrected chi connectivity index (χ2v) is 5.81. The Morgan fingerprint density at radius 3 is 2.57 bits per heavy atom. The summed E-state index contributed by atoms with van der Waals surface area (Å²) >= 11 is 0.384. The SMILES string of the molecule is CC(C)C[C@@H](NC(=O)c1ccc(CSC(F)F)o1)C(=O)O. The first kappa shape index (κ1) is 17.5. The molecule has 0 fully saturated rings. The maximum absolute atomic E-state index is 12.0. The minimum Gasteiger partial charge on any atom is -0.480 e. The number of nitrogens with one attached hydrogen (secondary N) is 1. The molecule has 0 aromatic carbocycles. The molecule has 2 N–H and O–H groups in total. The molecule has 8 heteroatoms. The lowest BCUT2D eigenvalue weighted by atomic mass is 10.0. The number of furan rings is 1. The highest BCUT2D eigenvalue weighted by molar-refractivity contribution is 7.98. The van der Waals surface area contributed by atoms with Gasteiger partial charge in [0.1, 0.15) is 11.8 Å². The van der Waals surface area contributed by atoms with E-state index in [4.69, 9.17) is 9.52 Å². The van der Waals surface area contributed by atoms with Crippen LogP contribution in [0, 0.1) is 5.92 Å². The largest absolute Gasteiger partial charge is 0.480 e. The number of carboxylic acids is 1. The van der Waals surface area contributed by atoms with Gasteiger partial charge in [-0.25, -0.2) is 4.79 Å². The minimum atomic E-state index is -2.52. The maximum atomic E-state index is 12.0. The Morgan fingerprint density at radius 2 is 2.05 bits per heavy atom. The number of carbonyl (C=O) groups is 2. The van der Waals surface area contributed by atoms with Gasteiger partial charge >= 0.3 is 5.97 Å². The second kappa shape index (κ2) is 8.02. The van der Waals surface area contributed by atoms with Crippen molar-refractivity contribution in [1.82, 2.24) is 5.32 Å². The molecule has 1 atom stereocenters. The molecular formula is C13H17F2NO4S. The third kappa shape index (κ3) is 6.16. The summed E-state index contributed by atoms with van der Waals surface area (Å²) in [7, 11) is 0. The Kier molecular flexibility index (Phi) is 6.67. The van der Waals surface area contributed by atoms with E-state index in [2.05, 4.69) is 5.32 Å². The van der Waals surface area contributed by atoms with Gasteiger partial charge < -0.3 is 14.8 Å². The Morgan fingerprint density at radius 1 is 1.38 bits per heavy atom. The monoisotopic (exact) mass is 321 g/mol.